The van der Waals surface area contributed by atoms with Crippen molar-refractivity contribution in [3.8, 4) is 5.75 Å². The van der Waals surface area contributed by atoms with E-state index in [1.807, 2.05) is 6.92 Å². The average molecular weight is 256 g/mol. The van der Waals surface area contributed by atoms with Crippen LogP contribution >= 0.6 is 0 Å². The van der Waals surface area contributed by atoms with Crippen molar-refractivity contribution in [1.82, 2.24) is 10.2 Å². The van der Waals surface area contributed by atoms with Gasteiger partial charge in [-0.3, -0.25) is 4.90 Å². The summed E-state index contributed by atoms with van der Waals surface area (Å²) in [7, 11) is 0. The summed E-state index contributed by atoms with van der Waals surface area (Å²) in [5, 5.41) is 13.0. The molecule has 1 aliphatic rings. The van der Waals surface area contributed by atoms with Crippen molar-refractivity contribution in [2.45, 2.75) is 19.4 Å². The largest absolute Gasteiger partial charge is 0.507 e. The molecule has 1 aliphatic heterocycles. The Hall–Kier alpha value is -1.20. The van der Waals surface area contributed by atoms with Gasteiger partial charge in [0.15, 0.2) is 0 Å². The Labute approximate surface area is 105 Å². The van der Waals surface area contributed by atoms with E-state index in [0.717, 1.165) is 38.3 Å². The van der Waals surface area contributed by atoms with E-state index in [0.29, 0.717) is 6.42 Å². The predicted octanol–water partition coefficient (Wildman–Crippen LogP) is 2.03. The number of phenolic OH excluding ortho intramolecular Hbond substituents is 1. The highest BCUT2D eigenvalue weighted by atomic mass is 19.1. The second kappa shape index (κ2) is 5.63. The Balaban J connectivity index is 2.32. The minimum atomic E-state index is -0.746. The van der Waals surface area contributed by atoms with Crippen LogP contribution in [0.4, 0.5) is 8.78 Å². The van der Waals surface area contributed by atoms with E-state index >= 15 is 0 Å². The van der Waals surface area contributed by atoms with Crippen molar-refractivity contribution >= 4 is 0 Å². The SMILES string of the molecule is CC[C@H](c1c(O)cc(F)cc1F)N1CCNCC1. The van der Waals surface area contributed by atoms with Crippen LogP contribution in [0.25, 0.3) is 0 Å². The molecular weight excluding hydrogens is 238 g/mol. The van der Waals surface area contributed by atoms with Crippen LogP contribution in [0.5, 0.6) is 5.75 Å². The third-order valence-corrected chi connectivity index (χ3v) is 3.38. The van der Waals surface area contributed by atoms with E-state index in [1.165, 1.54) is 0 Å². The number of hydrogen-bond acceptors (Lipinski definition) is 3. The highest BCUT2D eigenvalue weighted by Gasteiger charge is 2.26. The van der Waals surface area contributed by atoms with Gasteiger partial charge < -0.3 is 10.4 Å². The molecule has 1 saturated heterocycles. The van der Waals surface area contributed by atoms with Crippen molar-refractivity contribution in [3.63, 3.8) is 0 Å². The Morgan fingerprint density at radius 3 is 2.56 bits per heavy atom. The molecule has 5 heteroatoms. The lowest BCUT2D eigenvalue weighted by Gasteiger charge is -2.35. The zero-order valence-corrected chi connectivity index (χ0v) is 10.4. The third-order valence-electron chi connectivity index (χ3n) is 3.38. The molecular formula is C13H18F2N2O. The maximum Gasteiger partial charge on any atom is 0.134 e. The first-order valence-electron chi connectivity index (χ1n) is 6.26. The lowest BCUT2D eigenvalue weighted by molar-refractivity contribution is 0.163. The van der Waals surface area contributed by atoms with Gasteiger partial charge in [-0.05, 0) is 6.42 Å². The Kier molecular flexibility index (Phi) is 4.14. The quantitative estimate of drug-likeness (QED) is 0.868. The maximum atomic E-state index is 13.9. The molecule has 0 saturated carbocycles. The molecule has 0 bridgehead atoms. The van der Waals surface area contributed by atoms with E-state index in [1.54, 1.807) is 0 Å². The van der Waals surface area contributed by atoms with Crippen LogP contribution in [0.3, 0.4) is 0 Å². The summed E-state index contributed by atoms with van der Waals surface area (Å²) in [6.07, 6.45) is 0.677. The van der Waals surface area contributed by atoms with E-state index in [9.17, 15) is 13.9 Å². The van der Waals surface area contributed by atoms with Crippen molar-refractivity contribution < 1.29 is 13.9 Å². The molecule has 0 aromatic heterocycles. The van der Waals surface area contributed by atoms with Crippen LogP contribution in [0.2, 0.25) is 0 Å². The van der Waals surface area contributed by atoms with Crippen LogP contribution in [0.1, 0.15) is 24.9 Å². The fourth-order valence-electron chi connectivity index (χ4n) is 2.54. The van der Waals surface area contributed by atoms with E-state index < -0.39 is 11.6 Å². The minimum absolute atomic E-state index is 0.201. The fourth-order valence-corrected chi connectivity index (χ4v) is 2.54. The molecule has 3 nitrogen and oxygen atoms in total. The number of nitrogens with zero attached hydrogens (tertiary/aromatic N) is 1. The predicted molar refractivity (Wildman–Crippen MR) is 65.5 cm³/mol. The smallest absolute Gasteiger partial charge is 0.134 e. The Bertz CT molecular complexity index is 396. The highest BCUT2D eigenvalue weighted by molar-refractivity contribution is 5.36. The van der Waals surface area contributed by atoms with Gasteiger partial charge in [-0.1, -0.05) is 6.92 Å². The van der Waals surface area contributed by atoms with Crippen molar-refractivity contribution in [1.29, 1.82) is 0 Å². The van der Waals surface area contributed by atoms with Crippen LogP contribution in [0, 0.1) is 11.6 Å². The van der Waals surface area contributed by atoms with Gasteiger partial charge in [0.2, 0.25) is 0 Å². The number of nitrogens with one attached hydrogen (secondary N) is 1. The average Bonchev–Trinajstić information content (AvgIpc) is 2.34. The molecule has 1 aromatic rings. The first-order chi connectivity index (χ1) is 8.63. The molecule has 0 radical (unpaired) electrons. The number of rotatable bonds is 3. The number of piperazine rings is 1. The second-order valence-corrected chi connectivity index (χ2v) is 4.53. The Morgan fingerprint density at radius 2 is 2.00 bits per heavy atom. The van der Waals surface area contributed by atoms with Gasteiger partial charge in [-0.15, -0.1) is 0 Å². The van der Waals surface area contributed by atoms with Gasteiger partial charge >= 0.3 is 0 Å². The molecule has 0 amide bonds. The van der Waals surface area contributed by atoms with Gasteiger partial charge in [-0.25, -0.2) is 8.78 Å². The van der Waals surface area contributed by atoms with Gasteiger partial charge in [0.05, 0.1) is 0 Å². The number of aromatic hydroxyl groups is 1. The van der Waals surface area contributed by atoms with Crippen molar-refractivity contribution in [2.75, 3.05) is 26.2 Å². The number of benzene rings is 1. The zero-order valence-electron chi connectivity index (χ0n) is 10.4. The fraction of sp³-hybridized carbons (Fsp3) is 0.538. The first kappa shape index (κ1) is 13.2. The molecule has 1 atom stereocenters. The number of hydrogen-bond donors (Lipinski definition) is 2. The van der Waals surface area contributed by atoms with E-state index in [2.05, 4.69) is 10.2 Å². The molecule has 1 heterocycles. The zero-order chi connectivity index (χ0) is 13.1. The van der Waals surface area contributed by atoms with Crippen LogP contribution in [-0.2, 0) is 0 Å². The summed E-state index contributed by atoms with van der Waals surface area (Å²) < 4.78 is 26.9. The molecule has 0 unspecified atom stereocenters. The van der Waals surface area contributed by atoms with Gasteiger partial charge in [-0.2, -0.15) is 0 Å². The van der Waals surface area contributed by atoms with Crippen LogP contribution in [-0.4, -0.2) is 36.2 Å². The molecule has 0 aliphatic carbocycles. The monoisotopic (exact) mass is 256 g/mol. The molecule has 2 rings (SSSR count). The number of halogens is 2. The van der Waals surface area contributed by atoms with Crippen molar-refractivity contribution in [2.24, 2.45) is 0 Å². The summed E-state index contributed by atoms with van der Waals surface area (Å²) in [5.41, 5.74) is 0.209. The molecule has 100 valence electrons. The molecule has 2 N–H and O–H groups in total. The summed E-state index contributed by atoms with van der Waals surface area (Å²) in [6, 6.07) is 1.61. The van der Waals surface area contributed by atoms with Gasteiger partial charge in [0, 0.05) is 49.9 Å². The summed E-state index contributed by atoms with van der Waals surface area (Å²) >= 11 is 0. The molecule has 1 fully saturated rings. The summed E-state index contributed by atoms with van der Waals surface area (Å²) in [5.74, 6) is -1.71. The lowest BCUT2D eigenvalue weighted by atomic mass is 10.00. The van der Waals surface area contributed by atoms with Crippen molar-refractivity contribution in [3.05, 3.63) is 29.3 Å². The Morgan fingerprint density at radius 1 is 1.33 bits per heavy atom. The summed E-state index contributed by atoms with van der Waals surface area (Å²) in [6.45, 7) is 5.23. The first-order valence-corrected chi connectivity index (χ1v) is 6.26. The summed E-state index contributed by atoms with van der Waals surface area (Å²) in [4.78, 5) is 2.12. The third kappa shape index (κ3) is 2.62. The molecule has 18 heavy (non-hydrogen) atoms. The topological polar surface area (TPSA) is 35.5 Å². The van der Waals surface area contributed by atoms with Gasteiger partial charge in [0.25, 0.3) is 0 Å². The normalized spacial score (nSPS) is 18.8. The molecule has 0 spiro atoms. The van der Waals surface area contributed by atoms with Crippen LogP contribution in [0.15, 0.2) is 12.1 Å². The second-order valence-electron chi connectivity index (χ2n) is 4.53. The standard InChI is InChI=1S/C13H18F2N2O/c1-2-11(17-5-3-16-4-6-17)13-10(15)7-9(14)8-12(13)18/h7-8,11,16,18H,2-6H2,1H3/t11-/m1/s1. The minimum Gasteiger partial charge on any atom is -0.507 e. The highest BCUT2D eigenvalue weighted by Crippen LogP contribution is 2.34. The van der Waals surface area contributed by atoms with E-state index in [-0.39, 0.29) is 17.4 Å². The maximum absolute atomic E-state index is 13.9. The molecule has 1 aromatic carbocycles. The van der Waals surface area contributed by atoms with Gasteiger partial charge in [0.1, 0.15) is 17.4 Å². The van der Waals surface area contributed by atoms with E-state index in [4.69, 9.17) is 0 Å². The van der Waals surface area contributed by atoms with Crippen LogP contribution < -0.4 is 5.32 Å². The number of phenols is 1. The lowest BCUT2D eigenvalue weighted by Crippen LogP contribution is -2.45.